The van der Waals surface area contributed by atoms with E-state index in [2.05, 4.69) is 31.7 Å². The maximum Gasteiger partial charge on any atom is 0.311 e. The van der Waals surface area contributed by atoms with Gasteiger partial charge in [-0.25, -0.2) is 15.2 Å². The molecule has 0 saturated carbocycles. The summed E-state index contributed by atoms with van der Waals surface area (Å²) in [5.74, 6) is 5.29. The molecular formula is C56H87BrF2N6O11. The number of ether oxygens (including phenoxy) is 6. The number of benzene rings is 1. The third-order valence-corrected chi connectivity index (χ3v) is 16.6. The van der Waals surface area contributed by atoms with Gasteiger partial charge in [0, 0.05) is 85.6 Å². The molecule has 3 fully saturated rings. The lowest BCUT2D eigenvalue weighted by Gasteiger charge is -2.48. The van der Waals surface area contributed by atoms with Crippen LogP contribution in [0, 0.1) is 36.0 Å². The smallest absolute Gasteiger partial charge is 0.311 e. The van der Waals surface area contributed by atoms with Crippen LogP contribution in [0.25, 0.3) is 11.1 Å². The van der Waals surface area contributed by atoms with Crippen molar-refractivity contribution in [1.29, 1.82) is 0 Å². The summed E-state index contributed by atoms with van der Waals surface area (Å²) < 4.78 is 68.1. The van der Waals surface area contributed by atoms with Gasteiger partial charge in [-0.3, -0.25) is 4.79 Å². The van der Waals surface area contributed by atoms with E-state index in [0.717, 1.165) is 5.56 Å². The highest BCUT2D eigenvalue weighted by molar-refractivity contribution is 9.10. The van der Waals surface area contributed by atoms with E-state index in [0.29, 0.717) is 53.6 Å². The molecule has 0 amide bonds. The number of esters is 1. The minimum Gasteiger partial charge on any atom is -0.458 e. The van der Waals surface area contributed by atoms with E-state index < -0.39 is 109 Å². The number of carbonyl (C=O) groups excluding carboxylic acids is 1. The van der Waals surface area contributed by atoms with E-state index in [1.807, 2.05) is 44.9 Å². The lowest BCUT2D eigenvalue weighted by Crippen LogP contribution is -2.60. The predicted octanol–water partition coefficient (Wildman–Crippen LogP) is 5.82. The third-order valence-electron chi connectivity index (χ3n) is 16.2. The van der Waals surface area contributed by atoms with Crippen molar-refractivity contribution in [2.45, 2.75) is 197 Å². The summed E-state index contributed by atoms with van der Waals surface area (Å²) in [6.07, 6.45) is 2.20. The first-order chi connectivity index (χ1) is 35.6. The summed E-state index contributed by atoms with van der Waals surface area (Å²) in [4.78, 5) is 22.3. The van der Waals surface area contributed by atoms with Crippen LogP contribution in [0.15, 0.2) is 52.9 Å². The standard InChI is InChI=1S/C56H87BrF2N6O11/c1-14-45-56(70,15-2)49(66)36(7)64(12)30-32(3)26-54(9,69)51(34(5)48(35(6)53(68)74-45)75-47-27-55(10,71-13)50(67)37(8)73-47)76-46-25-42(22-33(4)72-46)63(11)21-20-41(60)31-65(61)43(28-58)23-38-16-18-39(19-17-38)44-24-40(57)29-62-52(44)59/h2,16-19,24,29,31-37,42-43,45-51,66-67,69-70H,14,20-23,25-28,30,60-61H2,1,3-13H3/b41-31-/t32-,33-,34+,35-,36-,37+,42+,43+,45-,46+,47+,48+,49-,50+,51-,54-,55-,56-/m1/s1. The van der Waals surface area contributed by atoms with Crippen molar-refractivity contribution in [1.82, 2.24) is 19.8 Å². The number of hydrogen-bond donors (Lipinski definition) is 6. The maximum absolute atomic E-state index is 14.5. The summed E-state index contributed by atoms with van der Waals surface area (Å²) in [6.45, 7) is 16.1. The van der Waals surface area contributed by atoms with Gasteiger partial charge in [-0.15, -0.1) is 6.42 Å². The lowest BCUT2D eigenvalue weighted by atomic mass is 9.77. The molecule has 0 aliphatic carbocycles. The monoisotopic (exact) mass is 1140 g/mol. The number of carbonyl (C=O) groups is 1. The van der Waals surface area contributed by atoms with Crippen molar-refractivity contribution in [3.05, 3.63) is 64.4 Å². The Bertz CT molecular complexity index is 2270. The van der Waals surface area contributed by atoms with Crippen LogP contribution < -0.4 is 11.6 Å². The normalized spacial score (nSPS) is 37.2. The number of methoxy groups -OCH3 is 1. The summed E-state index contributed by atoms with van der Waals surface area (Å²) in [5.41, 5.74) is 3.84. The average molecular weight is 1140 g/mol. The molecule has 8 N–H and O–H groups in total. The van der Waals surface area contributed by atoms with E-state index in [-0.39, 0.29) is 43.7 Å². The van der Waals surface area contributed by atoms with E-state index in [4.69, 9.17) is 46.4 Å². The fraction of sp³-hybridized carbons (Fsp3) is 0.714. The first-order valence-electron chi connectivity index (χ1n) is 26.6. The van der Waals surface area contributed by atoms with Gasteiger partial charge in [0.05, 0.1) is 47.6 Å². The molecule has 1 aromatic carbocycles. The van der Waals surface area contributed by atoms with Gasteiger partial charge in [-0.05, 0) is 120 Å². The molecule has 3 aliphatic heterocycles. The van der Waals surface area contributed by atoms with Crippen LogP contribution in [0.4, 0.5) is 8.78 Å². The van der Waals surface area contributed by atoms with Crippen molar-refractivity contribution in [3.63, 3.8) is 0 Å². The number of alkyl halides is 1. The Morgan fingerprint density at radius 3 is 2.36 bits per heavy atom. The van der Waals surface area contributed by atoms with Crippen molar-refractivity contribution in [3.8, 4) is 23.5 Å². The zero-order valence-electron chi connectivity index (χ0n) is 46.6. The summed E-state index contributed by atoms with van der Waals surface area (Å²) in [6, 6.07) is 7.30. The molecule has 0 spiro atoms. The van der Waals surface area contributed by atoms with Crippen LogP contribution >= 0.6 is 15.9 Å². The highest BCUT2D eigenvalue weighted by Gasteiger charge is 2.53. The maximum atomic E-state index is 14.5. The Morgan fingerprint density at radius 1 is 1.07 bits per heavy atom. The first kappa shape index (κ1) is 63.4. The molecule has 2 aromatic rings. The molecule has 0 unspecified atom stereocenters. The van der Waals surface area contributed by atoms with Crippen LogP contribution in [0.1, 0.15) is 106 Å². The molecule has 3 saturated heterocycles. The quantitative estimate of drug-likeness (QED) is 0.0383. The Morgan fingerprint density at radius 2 is 1.74 bits per heavy atom. The molecule has 20 heteroatoms. The second-order valence-corrected chi connectivity index (χ2v) is 23.3. The number of likely N-dealkylation sites (N-methyl/N-ethyl adjacent to an activating group) is 1. The van der Waals surface area contributed by atoms with E-state index in [1.165, 1.54) is 18.3 Å². The summed E-state index contributed by atoms with van der Waals surface area (Å²) in [5, 5.41) is 48.9. The number of aliphatic hydroxyl groups excluding tert-OH is 2. The van der Waals surface area contributed by atoms with Gasteiger partial charge in [0.25, 0.3) is 0 Å². The number of hydrogen-bond acceptors (Lipinski definition) is 17. The SMILES string of the molecule is C#C[C@]1(O)[C@H](O)[C@@H](C)N(C)C[C@H](C)C[C@@](C)(O)[C@H](O[C@H]2C[C@@H](N(C)CC/C(N)=C/N(N)[C@H](CF)Cc3ccc(-c4cc(Br)cnc4F)cc3)C[C@@H](C)O2)[C@@H](C)[C@H](O[C@H]2C[C@@](C)(OC)[C@@H](O)[C@H](C)O2)[C@@H](C)C(=O)O[C@@H]1CC. The molecule has 17 nitrogen and oxygen atoms in total. The Hall–Kier alpha value is -3.40. The number of halogens is 3. The zero-order chi connectivity index (χ0) is 56.6. The van der Waals surface area contributed by atoms with Gasteiger partial charge in [0.1, 0.15) is 25.0 Å². The third kappa shape index (κ3) is 15.5. The van der Waals surface area contributed by atoms with E-state index >= 15 is 0 Å². The van der Waals surface area contributed by atoms with Crippen molar-refractivity contribution < 1.29 is 62.4 Å². The number of nitrogens with zero attached hydrogens (tertiary/aromatic N) is 4. The summed E-state index contributed by atoms with van der Waals surface area (Å²) >= 11 is 3.34. The second kappa shape index (κ2) is 27.2. The minimum atomic E-state index is -2.26. The number of pyridine rings is 1. The Kier molecular flexibility index (Phi) is 22.7. The minimum absolute atomic E-state index is 0.0709. The Labute approximate surface area is 458 Å². The van der Waals surface area contributed by atoms with Crippen LogP contribution in [0.2, 0.25) is 0 Å². The van der Waals surface area contributed by atoms with Crippen LogP contribution in [0.5, 0.6) is 0 Å². The molecule has 76 heavy (non-hydrogen) atoms. The topological polar surface area (TPSA) is 228 Å². The van der Waals surface area contributed by atoms with Gasteiger partial charge in [-0.1, -0.05) is 51.0 Å². The van der Waals surface area contributed by atoms with Crippen LogP contribution in [0.3, 0.4) is 0 Å². The molecule has 4 heterocycles. The molecule has 0 bridgehead atoms. The number of nitrogens with two attached hydrogens (primary N) is 2. The first-order valence-corrected chi connectivity index (χ1v) is 27.4. The fourth-order valence-corrected chi connectivity index (χ4v) is 11.7. The van der Waals surface area contributed by atoms with Crippen molar-refractivity contribution in [2.75, 3.05) is 41.0 Å². The number of rotatable bonds is 16. The van der Waals surface area contributed by atoms with Crippen molar-refractivity contribution in [2.24, 2.45) is 29.3 Å². The zero-order valence-corrected chi connectivity index (χ0v) is 48.2. The number of hydrazine groups is 1. The largest absolute Gasteiger partial charge is 0.458 e. The van der Waals surface area contributed by atoms with Crippen LogP contribution in [-0.4, -0.2) is 177 Å². The predicted molar refractivity (Wildman–Crippen MR) is 289 cm³/mol. The number of terminal acetylenes is 1. The van der Waals surface area contributed by atoms with Gasteiger partial charge in [-0.2, -0.15) is 4.39 Å². The molecule has 5 rings (SSSR count). The lowest BCUT2D eigenvalue weighted by molar-refractivity contribution is -0.308. The van der Waals surface area contributed by atoms with Crippen molar-refractivity contribution >= 4 is 21.9 Å². The second-order valence-electron chi connectivity index (χ2n) is 22.4. The van der Waals surface area contributed by atoms with E-state index in [9.17, 15) is 34.0 Å². The number of aliphatic hydroxyl groups is 4. The Balaban J connectivity index is 1.38. The highest BCUT2D eigenvalue weighted by atomic mass is 79.9. The number of aromatic nitrogens is 1. The van der Waals surface area contributed by atoms with Gasteiger partial charge < -0.3 is 69.4 Å². The molecule has 3 aliphatic rings. The molecular weight excluding hydrogens is 1050 g/mol. The van der Waals surface area contributed by atoms with Gasteiger partial charge in [0.2, 0.25) is 5.95 Å². The molecule has 0 radical (unpaired) electrons. The van der Waals surface area contributed by atoms with E-state index in [1.54, 1.807) is 73.0 Å². The van der Waals surface area contributed by atoms with Gasteiger partial charge >= 0.3 is 5.97 Å². The summed E-state index contributed by atoms with van der Waals surface area (Å²) in [7, 11) is 5.27. The molecule has 18 atom stereocenters. The fourth-order valence-electron chi connectivity index (χ4n) is 11.4. The molecule has 428 valence electrons. The van der Waals surface area contributed by atoms with Crippen LogP contribution in [-0.2, 0) is 39.6 Å². The molecule has 1 aromatic heterocycles. The number of cyclic esters (lactones) is 1. The van der Waals surface area contributed by atoms with Gasteiger partial charge in [0.15, 0.2) is 18.2 Å². The average Bonchev–Trinajstić information content (AvgIpc) is 3.37. The highest BCUT2D eigenvalue weighted by Crippen LogP contribution is 2.40.